The summed E-state index contributed by atoms with van der Waals surface area (Å²) in [5.74, 6) is -0.535. The van der Waals surface area contributed by atoms with Gasteiger partial charge >= 0.3 is 6.08 Å². The van der Waals surface area contributed by atoms with Crippen molar-refractivity contribution >= 4 is 122 Å². The molecule has 0 amide bonds. The molecule has 140 valence electrons. The van der Waals surface area contributed by atoms with Gasteiger partial charge in [0.1, 0.15) is 20.1 Å². The molecule has 0 aromatic heterocycles. The highest BCUT2D eigenvalue weighted by Gasteiger charge is 2.25. The van der Waals surface area contributed by atoms with E-state index in [1.54, 1.807) is 0 Å². The van der Waals surface area contributed by atoms with Crippen LogP contribution in [-0.4, -0.2) is 6.08 Å². The maximum absolute atomic E-state index is 7.82. The number of ether oxygens (including phenoxy) is 2. The van der Waals surface area contributed by atoms with Gasteiger partial charge in [0.25, 0.3) is 0 Å². The van der Waals surface area contributed by atoms with E-state index in [0.29, 0.717) is 0 Å². The van der Waals surface area contributed by atoms with E-state index < -0.39 is 6.08 Å². The zero-order valence-electron chi connectivity index (χ0n) is 11.6. The Morgan fingerprint density at radius 1 is 0.423 bits per heavy atom. The number of hydrogen-bond donors (Lipinski definition) is 1. The predicted molar refractivity (Wildman–Crippen MR) is 112 cm³/mol. The maximum Gasteiger partial charge on any atom is 0.392 e. The molecule has 1 N–H and O–H groups in total. The summed E-state index contributed by atoms with van der Waals surface area (Å²) in [6, 6.07) is 0. The average molecular weight is 558 g/mol. The third-order valence-electron chi connectivity index (χ3n) is 2.73. The SMILES string of the molecule is N=C(Oc1c(Cl)c(Cl)c(Cl)c(Cl)c1Cl)Oc1c(Cl)c(Cl)c(Cl)c(Cl)c1Cl. The summed E-state index contributed by atoms with van der Waals surface area (Å²) >= 11 is 59.5. The maximum atomic E-state index is 7.82. The summed E-state index contributed by atoms with van der Waals surface area (Å²) in [4.78, 5) is 0. The van der Waals surface area contributed by atoms with Crippen molar-refractivity contribution in [3.63, 3.8) is 0 Å². The first-order valence-corrected chi connectivity index (χ1v) is 9.74. The van der Waals surface area contributed by atoms with Crippen molar-refractivity contribution in [1.82, 2.24) is 0 Å². The second-order valence-electron chi connectivity index (χ2n) is 4.29. The first kappa shape index (κ1) is 22.9. The standard InChI is InChI=1S/C13HCl10NO2/c14-1-3(16)7(20)11(8(21)4(1)17)25-13(24)26-12-9(22)5(18)2(15)6(19)10(12)23/h24H. The van der Waals surface area contributed by atoms with Gasteiger partial charge in [-0.2, -0.15) is 0 Å². The van der Waals surface area contributed by atoms with Gasteiger partial charge in [0, 0.05) is 0 Å². The third kappa shape index (κ3) is 4.28. The van der Waals surface area contributed by atoms with Crippen LogP contribution in [0.2, 0.25) is 50.2 Å². The fourth-order valence-corrected chi connectivity index (χ4v) is 3.95. The van der Waals surface area contributed by atoms with E-state index in [1.807, 2.05) is 0 Å². The molecule has 0 atom stereocenters. The van der Waals surface area contributed by atoms with Crippen LogP contribution in [0.4, 0.5) is 0 Å². The number of nitrogens with one attached hydrogen (secondary N) is 1. The van der Waals surface area contributed by atoms with Crippen molar-refractivity contribution in [3.05, 3.63) is 50.2 Å². The van der Waals surface area contributed by atoms with Crippen LogP contribution < -0.4 is 9.47 Å². The summed E-state index contributed by atoms with van der Waals surface area (Å²) in [6.45, 7) is 0. The molecule has 0 unspecified atom stereocenters. The third-order valence-corrected chi connectivity index (χ3v) is 7.21. The molecule has 0 aliphatic rings. The second-order valence-corrected chi connectivity index (χ2v) is 8.07. The molecule has 0 aliphatic heterocycles. The van der Waals surface area contributed by atoms with Crippen molar-refractivity contribution in [2.75, 3.05) is 0 Å². The fourth-order valence-electron chi connectivity index (χ4n) is 1.55. The van der Waals surface area contributed by atoms with Crippen molar-refractivity contribution in [2.24, 2.45) is 0 Å². The van der Waals surface area contributed by atoms with E-state index in [-0.39, 0.29) is 61.7 Å². The lowest BCUT2D eigenvalue weighted by Gasteiger charge is -2.16. The minimum absolute atomic E-state index is 0.0783. The normalized spacial score (nSPS) is 10.8. The average Bonchev–Trinajstić information content (AvgIpc) is 2.62. The highest BCUT2D eigenvalue weighted by molar-refractivity contribution is 6.56. The number of halogens is 10. The Morgan fingerprint density at radius 2 is 0.615 bits per heavy atom. The lowest BCUT2D eigenvalue weighted by molar-refractivity contribution is 0.380. The molecule has 3 nitrogen and oxygen atoms in total. The molecule has 2 rings (SSSR count). The largest absolute Gasteiger partial charge is 0.408 e. The molecule has 0 aliphatic carbocycles. The van der Waals surface area contributed by atoms with Crippen LogP contribution in [-0.2, 0) is 0 Å². The second kappa shape index (κ2) is 8.96. The Hall–Kier alpha value is 0.610. The van der Waals surface area contributed by atoms with Crippen molar-refractivity contribution < 1.29 is 9.47 Å². The van der Waals surface area contributed by atoms with E-state index in [9.17, 15) is 0 Å². The highest BCUT2D eigenvalue weighted by atomic mass is 35.5. The monoisotopic (exact) mass is 553 g/mol. The van der Waals surface area contributed by atoms with E-state index in [4.69, 9.17) is 131 Å². The molecule has 2 aromatic carbocycles. The van der Waals surface area contributed by atoms with Gasteiger partial charge in [-0.15, -0.1) is 0 Å². The summed E-state index contributed by atoms with van der Waals surface area (Å²) in [5, 5.41) is 6.40. The van der Waals surface area contributed by atoms with Crippen LogP contribution in [0.1, 0.15) is 0 Å². The smallest absolute Gasteiger partial charge is 0.392 e. The quantitative estimate of drug-likeness (QED) is 0.173. The molecule has 0 spiro atoms. The molecule has 0 radical (unpaired) electrons. The molecule has 26 heavy (non-hydrogen) atoms. The fraction of sp³-hybridized carbons (Fsp3) is 0. The molecule has 0 fully saturated rings. The van der Waals surface area contributed by atoms with Gasteiger partial charge in [-0.1, -0.05) is 116 Å². The predicted octanol–water partition coefficient (Wildman–Crippen LogP) is 9.61. The Balaban J connectivity index is 2.41. The number of hydrogen-bond acceptors (Lipinski definition) is 3. The summed E-state index contributed by atoms with van der Waals surface area (Å²) in [5.41, 5.74) is 0. The Labute approximate surface area is 197 Å². The lowest BCUT2D eigenvalue weighted by atomic mass is 10.3. The summed E-state index contributed by atoms with van der Waals surface area (Å²) in [7, 11) is 0. The van der Waals surface area contributed by atoms with Crippen LogP contribution in [0.3, 0.4) is 0 Å². The highest BCUT2D eigenvalue weighted by Crippen LogP contribution is 2.50. The van der Waals surface area contributed by atoms with Gasteiger partial charge in [-0.3, -0.25) is 0 Å². The van der Waals surface area contributed by atoms with Gasteiger partial charge in [0.2, 0.25) is 0 Å². The van der Waals surface area contributed by atoms with Gasteiger partial charge in [0.05, 0.1) is 30.1 Å². The van der Waals surface area contributed by atoms with Crippen LogP contribution in [0, 0.1) is 5.41 Å². The number of benzene rings is 2. The van der Waals surface area contributed by atoms with Gasteiger partial charge in [0.15, 0.2) is 11.5 Å². The van der Waals surface area contributed by atoms with E-state index >= 15 is 0 Å². The minimum atomic E-state index is -0.846. The van der Waals surface area contributed by atoms with Crippen LogP contribution >= 0.6 is 116 Å². The van der Waals surface area contributed by atoms with Gasteiger partial charge < -0.3 is 9.47 Å². The Kier molecular flexibility index (Phi) is 7.89. The van der Waals surface area contributed by atoms with Crippen LogP contribution in [0.5, 0.6) is 11.5 Å². The number of rotatable bonds is 2. The molecule has 0 bridgehead atoms. The van der Waals surface area contributed by atoms with E-state index in [0.717, 1.165) is 0 Å². The zero-order valence-corrected chi connectivity index (χ0v) is 19.2. The molecule has 0 saturated carbocycles. The van der Waals surface area contributed by atoms with Crippen molar-refractivity contribution in [2.45, 2.75) is 0 Å². The molecular formula is C13HCl10NO2. The molecule has 0 saturated heterocycles. The Bertz CT molecular complexity index is 799. The van der Waals surface area contributed by atoms with Gasteiger partial charge in [-0.25, -0.2) is 5.41 Å². The van der Waals surface area contributed by atoms with Gasteiger partial charge in [-0.05, 0) is 0 Å². The first-order chi connectivity index (χ1) is 12.0. The zero-order chi connectivity index (χ0) is 19.9. The lowest BCUT2D eigenvalue weighted by Crippen LogP contribution is -2.16. The Morgan fingerprint density at radius 3 is 0.846 bits per heavy atom. The molecule has 13 heteroatoms. The molecule has 2 aromatic rings. The van der Waals surface area contributed by atoms with Crippen molar-refractivity contribution in [3.8, 4) is 11.5 Å². The summed E-state index contributed by atoms with van der Waals surface area (Å²) < 4.78 is 10.3. The van der Waals surface area contributed by atoms with E-state index in [1.165, 1.54) is 0 Å². The molecular weight excluding hydrogens is 557 g/mol. The van der Waals surface area contributed by atoms with Crippen molar-refractivity contribution in [1.29, 1.82) is 5.41 Å². The first-order valence-electron chi connectivity index (χ1n) is 5.96. The summed E-state index contributed by atoms with van der Waals surface area (Å²) in [6.07, 6.45) is -0.846. The van der Waals surface area contributed by atoms with Crippen LogP contribution in [0.25, 0.3) is 0 Å². The van der Waals surface area contributed by atoms with E-state index in [2.05, 4.69) is 0 Å². The topological polar surface area (TPSA) is 42.3 Å². The van der Waals surface area contributed by atoms with Crippen LogP contribution in [0.15, 0.2) is 0 Å². The minimum Gasteiger partial charge on any atom is -0.408 e. The molecule has 0 heterocycles.